The second-order valence-corrected chi connectivity index (χ2v) is 8.16. The maximum Gasteiger partial charge on any atom is 0.00967 e. The fourth-order valence-corrected chi connectivity index (χ4v) is 2.39. The molecule has 0 aliphatic rings. The Morgan fingerprint density at radius 1 is 1.05 bits per heavy atom. The van der Waals surface area contributed by atoms with Crippen LogP contribution in [0.25, 0.3) is 0 Å². The van der Waals surface area contributed by atoms with Crippen molar-refractivity contribution in [2.45, 2.75) is 79.8 Å². The van der Waals surface area contributed by atoms with E-state index in [1.54, 1.807) is 0 Å². The van der Waals surface area contributed by atoms with Crippen LogP contribution in [0.5, 0.6) is 0 Å². The summed E-state index contributed by atoms with van der Waals surface area (Å²) in [6, 6.07) is 0.667. The monoisotopic (exact) mass is 270 g/mol. The molecule has 0 saturated heterocycles. The first-order valence-corrected chi connectivity index (χ1v) is 7.94. The van der Waals surface area contributed by atoms with Crippen LogP contribution < -0.4 is 5.32 Å². The Bertz CT molecular complexity index is 242. The zero-order chi connectivity index (χ0) is 15.3. The molecular formula is C17H38N2. The zero-order valence-corrected chi connectivity index (χ0v) is 14.9. The standard InChI is InChI=1S/C17H38N2/c1-10-17(8,12-18-16(5,6)7)13-19(9)15(4)11-14(2)3/h14-15,18H,10-13H2,1-9H3. The Balaban J connectivity index is 4.43. The van der Waals surface area contributed by atoms with Gasteiger partial charge in [-0.25, -0.2) is 0 Å². The SMILES string of the molecule is CCC(C)(CNC(C)(C)C)CN(C)C(C)CC(C)C. The molecule has 0 aliphatic heterocycles. The first-order chi connectivity index (χ1) is 8.49. The quantitative estimate of drug-likeness (QED) is 0.712. The molecule has 0 spiro atoms. The molecule has 2 heteroatoms. The molecule has 0 amide bonds. The van der Waals surface area contributed by atoms with Gasteiger partial charge in [-0.05, 0) is 58.9 Å². The van der Waals surface area contributed by atoms with Gasteiger partial charge < -0.3 is 10.2 Å². The summed E-state index contributed by atoms with van der Waals surface area (Å²) in [5, 5.41) is 3.67. The molecule has 0 aromatic carbocycles. The fourth-order valence-electron chi connectivity index (χ4n) is 2.39. The van der Waals surface area contributed by atoms with E-state index >= 15 is 0 Å². The molecule has 0 bridgehead atoms. The normalized spacial score (nSPS) is 17.8. The van der Waals surface area contributed by atoms with Gasteiger partial charge in [-0.2, -0.15) is 0 Å². The number of nitrogens with one attached hydrogen (secondary N) is 1. The summed E-state index contributed by atoms with van der Waals surface area (Å²) in [5.41, 5.74) is 0.561. The lowest BCUT2D eigenvalue weighted by Gasteiger charge is -2.38. The fraction of sp³-hybridized carbons (Fsp3) is 1.00. The largest absolute Gasteiger partial charge is 0.311 e. The molecule has 0 radical (unpaired) electrons. The van der Waals surface area contributed by atoms with Crippen LogP contribution in [-0.4, -0.2) is 36.6 Å². The molecule has 0 aromatic heterocycles. The summed E-state index contributed by atoms with van der Waals surface area (Å²) in [6.45, 7) is 20.7. The average Bonchev–Trinajstić information content (AvgIpc) is 2.24. The number of hydrogen-bond acceptors (Lipinski definition) is 2. The maximum atomic E-state index is 3.67. The summed E-state index contributed by atoms with van der Waals surface area (Å²) in [4.78, 5) is 2.54. The summed E-state index contributed by atoms with van der Waals surface area (Å²) in [6.07, 6.45) is 2.50. The van der Waals surface area contributed by atoms with E-state index in [1.807, 2.05) is 0 Å². The summed E-state index contributed by atoms with van der Waals surface area (Å²) in [5.74, 6) is 0.776. The summed E-state index contributed by atoms with van der Waals surface area (Å²) in [7, 11) is 2.28. The molecule has 19 heavy (non-hydrogen) atoms. The van der Waals surface area contributed by atoms with Gasteiger partial charge in [0.05, 0.1) is 0 Å². The Kier molecular flexibility index (Phi) is 7.60. The number of hydrogen-bond donors (Lipinski definition) is 1. The van der Waals surface area contributed by atoms with E-state index in [2.05, 4.69) is 72.7 Å². The molecule has 0 aliphatic carbocycles. The molecule has 0 heterocycles. The molecule has 2 unspecified atom stereocenters. The number of nitrogens with zero attached hydrogens (tertiary/aromatic N) is 1. The second-order valence-electron chi connectivity index (χ2n) is 8.16. The topological polar surface area (TPSA) is 15.3 Å². The van der Waals surface area contributed by atoms with E-state index in [1.165, 1.54) is 19.4 Å². The van der Waals surface area contributed by atoms with Gasteiger partial charge >= 0.3 is 0 Å². The average molecular weight is 271 g/mol. The van der Waals surface area contributed by atoms with Crippen molar-refractivity contribution in [1.29, 1.82) is 0 Å². The molecule has 116 valence electrons. The predicted octanol–water partition coefficient (Wildman–Crippen LogP) is 4.16. The van der Waals surface area contributed by atoms with Crippen LogP contribution in [0.4, 0.5) is 0 Å². The van der Waals surface area contributed by atoms with Crippen molar-refractivity contribution in [2.75, 3.05) is 20.1 Å². The van der Waals surface area contributed by atoms with Gasteiger partial charge in [-0.15, -0.1) is 0 Å². The second kappa shape index (κ2) is 7.64. The van der Waals surface area contributed by atoms with Crippen molar-refractivity contribution in [2.24, 2.45) is 11.3 Å². The van der Waals surface area contributed by atoms with Gasteiger partial charge in [0, 0.05) is 24.7 Å². The van der Waals surface area contributed by atoms with E-state index in [-0.39, 0.29) is 5.54 Å². The summed E-state index contributed by atoms with van der Waals surface area (Å²) < 4.78 is 0. The lowest BCUT2D eigenvalue weighted by Crippen LogP contribution is -2.48. The van der Waals surface area contributed by atoms with Crippen molar-refractivity contribution in [3.05, 3.63) is 0 Å². The van der Waals surface area contributed by atoms with Gasteiger partial charge in [-0.1, -0.05) is 27.7 Å². The van der Waals surface area contributed by atoms with Crippen molar-refractivity contribution in [1.82, 2.24) is 10.2 Å². The van der Waals surface area contributed by atoms with Crippen molar-refractivity contribution < 1.29 is 0 Å². The molecule has 0 aromatic rings. The van der Waals surface area contributed by atoms with Gasteiger partial charge in [-0.3, -0.25) is 0 Å². The first kappa shape index (κ1) is 18.9. The van der Waals surface area contributed by atoms with E-state index in [4.69, 9.17) is 0 Å². The highest BCUT2D eigenvalue weighted by molar-refractivity contribution is 4.84. The minimum Gasteiger partial charge on any atom is -0.311 e. The van der Waals surface area contributed by atoms with Gasteiger partial charge in [0.25, 0.3) is 0 Å². The Labute approximate surface area is 122 Å². The lowest BCUT2D eigenvalue weighted by molar-refractivity contribution is 0.129. The van der Waals surface area contributed by atoms with Crippen LogP contribution in [0.2, 0.25) is 0 Å². The van der Waals surface area contributed by atoms with Crippen molar-refractivity contribution in [3.63, 3.8) is 0 Å². The van der Waals surface area contributed by atoms with Gasteiger partial charge in [0.2, 0.25) is 0 Å². The Hall–Kier alpha value is -0.0800. The van der Waals surface area contributed by atoms with Crippen LogP contribution >= 0.6 is 0 Å². The molecule has 2 atom stereocenters. The molecule has 1 N–H and O–H groups in total. The van der Waals surface area contributed by atoms with Crippen LogP contribution in [0, 0.1) is 11.3 Å². The highest BCUT2D eigenvalue weighted by Crippen LogP contribution is 2.24. The highest BCUT2D eigenvalue weighted by atomic mass is 15.1. The molecule has 0 rings (SSSR count). The van der Waals surface area contributed by atoms with Crippen LogP contribution in [0.1, 0.15) is 68.2 Å². The maximum absolute atomic E-state index is 3.67. The molecule has 0 fully saturated rings. The minimum atomic E-state index is 0.207. The van der Waals surface area contributed by atoms with Crippen LogP contribution in [0.3, 0.4) is 0 Å². The van der Waals surface area contributed by atoms with Gasteiger partial charge in [0.1, 0.15) is 0 Å². The molecular weight excluding hydrogens is 232 g/mol. The third kappa shape index (κ3) is 8.65. The number of rotatable bonds is 8. The van der Waals surface area contributed by atoms with Crippen LogP contribution in [-0.2, 0) is 0 Å². The van der Waals surface area contributed by atoms with Crippen LogP contribution in [0.15, 0.2) is 0 Å². The zero-order valence-electron chi connectivity index (χ0n) is 14.9. The first-order valence-electron chi connectivity index (χ1n) is 7.94. The predicted molar refractivity (Wildman–Crippen MR) is 87.7 cm³/mol. The lowest BCUT2D eigenvalue weighted by atomic mass is 9.85. The highest BCUT2D eigenvalue weighted by Gasteiger charge is 2.27. The smallest absolute Gasteiger partial charge is 0.00967 e. The van der Waals surface area contributed by atoms with Crippen molar-refractivity contribution >= 4 is 0 Å². The van der Waals surface area contributed by atoms with E-state index in [0.29, 0.717) is 11.5 Å². The summed E-state index contributed by atoms with van der Waals surface area (Å²) >= 11 is 0. The van der Waals surface area contributed by atoms with E-state index in [0.717, 1.165) is 12.5 Å². The molecule has 2 nitrogen and oxygen atoms in total. The van der Waals surface area contributed by atoms with Gasteiger partial charge in [0.15, 0.2) is 0 Å². The Morgan fingerprint density at radius 3 is 1.95 bits per heavy atom. The van der Waals surface area contributed by atoms with E-state index in [9.17, 15) is 0 Å². The van der Waals surface area contributed by atoms with Crippen molar-refractivity contribution in [3.8, 4) is 0 Å². The third-order valence-corrected chi connectivity index (χ3v) is 4.10. The Morgan fingerprint density at radius 2 is 1.58 bits per heavy atom. The minimum absolute atomic E-state index is 0.207. The van der Waals surface area contributed by atoms with E-state index < -0.39 is 0 Å². The third-order valence-electron chi connectivity index (χ3n) is 4.10. The molecule has 0 saturated carbocycles.